The van der Waals surface area contributed by atoms with Gasteiger partial charge >= 0.3 is 0 Å². The lowest BCUT2D eigenvalue weighted by atomic mass is 9.84. The maximum atomic E-state index is 6.13. The molecule has 1 saturated carbocycles. The van der Waals surface area contributed by atoms with Gasteiger partial charge < -0.3 is 5.73 Å². The molecule has 0 bridgehead atoms. The van der Waals surface area contributed by atoms with E-state index in [1.54, 1.807) is 0 Å². The summed E-state index contributed by atoms with van der Waals surface area (Å²) in [6.07, 6.45) is 4.22. The highest BCUT2D eigenvalue weighted by Crippen LogP contribution is 2.32. The van der Waals surface area contributed by atoms with Crippen molar-refractivity contribution in [2.45, 2.75) is 38.3 Å². The number of thiophene rings is 1. The van der Waals surface area contributed by atoms with E-state index in [9.17, 15) is 0 Å². The van der Waals surface area contributed by atoms with Gasteiger partial charge in [-0.2, -0.15) is 0 Å². The molecular weight excluding hydrogens is 216 g/mol. The molecule has 1 aliphatic carbocycles. The highest BCUT2D eigenvalue weighted by atomic mass is 32.1. The lowest BCUT2D eigenvalue weighted by molar-refractivity contribution is 0.151. The van der Waals surface area contributed by atoms with Crippen LogP contribution in [0.15, 0.2) is 17.5 Å². The van der Waals surface area contributed by atoms with E-state index < -0.39 is 0 Å². The Bertz CT molecular complexity index is 304. The lowest BCUT2D eigenvalue weighted by Gasteiger charge is -2.36. The van der Waals surface area contributed by atoms with Gasteiger partial charge in [-0.05, 0) is 44.2 Å². The second-order valence-corrected chi connectivity index (χ2v) is 6.04. The smallest absolute Gasteiger partial charge is 0.0588 e. The average molecular weight is 238 g/mol. The molecule has 2 atom stereocenters. The lowest BCUT2D eigenvalue weighted by Crippen LogP contribution is -2.40. The highest BCUT2D eigenvalue weighted by Gasteiger charge is 2.26. The van der Waals surface area contributed by atoms with E-state index >= 15 is 0 Å². The van der Waals surface area contributed by atoms with Gasteiger partial charge in [0.25, 0.3) is 0 Å². The van der Waals surface area contributed by atoms with Crippen LogP contribution in [-0.4, -0.2) is 24.5 Å². The third-order valence-electron chi connectivity index (χ3n) is 3.58. The van der Waals surface area contributed by atoms with Gasteiger partial charge in [0.1, 0.15) is 0 Å². The molecule has 1 fully saturated rings. The van der Waals surface area contributed by atoms with Crippen molar-refractivity contribution in [3.05, 3.63) is 22.4 Å². The second kappa shape index (κ2) is 5.30. The standard InChI is InChI=1S/C13H22N2S/c1-10(14)13(12-7-4-8-16-12)15(2)9-11-5-3-6-11/h4,7-8,10-11,13H,3,5-6,9,14H2,1-2H3. The van der Waals surface area contributed by atoms with Crippen molar-refractivity contribution in [1.82, 2.24) is 4.90 Å². The van der Waals surface area contributed by atoms with Gasteiger partial charge in [-0.25, -0.2) is 0 Å². The molecule has 16 heavy (non-hydrogen) atoms. The van der Waals surface area contributed by atoms with Crippen LogP contribution >= 0.6 is 11.3 Å². The van der Waals surface area contributed by atoms with Crippen LogP contribution in [0.5, 0.6) is 0 Å². The van der Waals surface area contributed by atoms with E-state index in [-0.39, 0.29) is 6.04 Å². The van der Waals surface area contributed by atoms with Crippen molar-refractivity contribution in [2.24, 2.45) is 11.7 Å². The average Bonchev–Trinajstić information content (AvgIpc) is 2.64. The van der Waals surface area contributed by atoms with Crippen molar-refractivity contribution in [3.63, 3.8) is 0 Å². The van der Waals surface area contributed by atoms with Crippen LogP contribution in [0.3, 0.4) is 0 Å². The molecule has 1 aromatic rings. The monoisotopic (exact) mass is 238 g/mol. The Morgan fingerprint density at radius 2 is 2.31 bits per heavy atom. The fourth-order valence-electron chi connectivity index (χ4n) is 2.53. The Hall–Kier alpha value is -0.380. The molecule has 1 aromatic heterocycles. The molecule has 90 valence electrons. The molecule has 1 aliphatic rings. The minimum Gasteiger partial charge on any atom is -0.326 e. The van der Waals surface area contributed by atoms with Crippen molar-refractivity contribution in [2.75, 3.05) is 13.6 Å². The number of hydrogen-bond acceptors (Lipinski definition) is 3. The van der Waals surface area contributed by atoms with E-state index in [4.69, 9.17) is 5.73 Å². The van der Waals surface area contributed by atoms with Crippen LogP contribution in [0.4, 0.5) is 0 Å². The molecule has 3 heteroatoms. The van der Waals surface area contributed by atoms with Gasteiger partial charge in [0.2, 0.25) is 0 Å². The summed E-state index contributed by atoms with van der Waals surface area (Å²) in [7, 11) is 2.21. The van der Waals surface area contributed by atoms with E-state index in [0.717, 1.165) is 5.92 Å². The summed E-state index contributed by atoms with van der Waals surface area (Å²) >= 11 is 1.82. The minimum absolute atomic E-state index is 0.198. The zero-order valence-electron chi connectivity index (χ0n) is 10.2. The molecule has 2 rings (SSSR count). The normalized spacial score (nSPS) is 20.8. The topological polar surface area (TPSA) is 29.3 Å². The predicted molar refractivity (Wildman–Crippen MR) is 70.7 cm³/mol. The zero-order chi connectivity index (χ0) is 11.5. The summed E-state index contributed by atoms with van der Waals surface area (Å²) in [4.78, 5) is 3.84. The fourth-order valence-corrected chi connectivity index (χ4v) is 3.54. The van der Waals surface area contributed by atoms with E-state index in [0.29, 0.717) is 6.04 Å². The van der Waals surface area contributed by atoms with Crippen molar-refractivity contribution < 1.29 is 0 Å². The van der Waals surface area contributed by atoms with E-state index in [2.05, 4.69) is 36.4 Å². The third-order valence-corrected chi connectivity index (χ3v) is 4.52. The summed E-state index contributed by atoms with van der Waals surface area (Å²) in [5, 5.41) is 2.14. The number of hydrogen-bond donors (Lipinski definition) is 1. The van der Waals surface area contributed by atoms with Gasteiger partial charge in [0.15, 0.2) is 0 Å². The molecule has 0 spiro atoms. The van der Waals surface area contributed by atoms with Crippen LogP contribution < -0.4 is 5.73 Å². The van der Waals surface area contributed by atoms with Gasteiger partial charge in [-0.15, -0.1) is 11.3 Å². The Balaban J connectivity index is 2.00. The highest BCUT2D eigenvalue weighted by molar-refractivity contribution is 7.10. The largest absolute Gasteiger partial charge is 0.326 e. The molecule has 0 saturated heterocycles. The van der Waals surface area contributed by atoms with Gasteiger partial charge in [-0.1, -0.05) is 12.5 Å². The van der Waals surface area contributed by atoms with Gasteiger partial charge in [0.05, 0.1) is 6.04 Å². The first-order valence-electron chi connectivity index (χ1n) is 6.17. The third kappa shape index (κ3) is 2.65. The van der Waals surface area contributed by atoms with Crippen LogP contribution in [-0.2, 0) is 0 Å². The number of rotatable bonds is 5. The van der Waals surface area contributed by atoms with Crippen molar-refractivity contribution in [3.8, 4) is 0 Å². The summed E-state index contributed by atoms with van der Waals surface area (Å²) in [5.74, 6) is 0.909. The van der Waals surface area contributed by atoms with E-state index in [1.165, 1.54) is 30.7 Å². The number of nitrogens with zero attached hydrogens (tertiary/aromatic N) is 1. The van der Waals surface area contributed by atoms with Crippen LogP contribution in [0, 0.1) is 5.92 Å². The maximum Gasteiger partial charge on any atom is 0.0588 e. The van der Waals surface area contributed by atoms with E-state index in [1.807, 2.05) is 11.3 Å². The fraction of sp³-hybridized carbons (Fsp3) is 0.692. The molecule has 0 radical (unpaired) electrons. The van der Waals surface area contributed by atoms with Crippen molar-refractivity contribution >= 4 is 11.3 Å². The Kier molecular flexibility index (Phi) is 4.00. The SMILES string of the molecule is CC(N)C(c1cccs1)N(C)CC1CCC1. The van der Waals surface area contributed by atoms with Crippen LogP contribution in [0.25, 0.3) is 0 Å². The number of nitrogens with two attached hydrogens (primary N) is 1. The zero-order valence-corrected chi connectivity index (χ0v) is 11.0. The molecule has 2 nitrogen and oxygen atoms in total. The molecule has 2 unspecified atom stereocenters. The Labute approximate surface area is 102 Å². The molecule has 2 N–H and O–H groups in total. The van der Waals surface area contributed by atoms with Crippen LogP contribution in [0.1, 0.15) is 37.1 Å². The molecule has 0 aliphatic heterocycles. The Morgan fingerprint density at radius 3 is 2.75 bits per heavy atom. The summed E-state index contributed by atoms with van der Waals surface area (Å²) in [6.45, 7) is 3.31. The van der Waals surface area contributed by atoms with Crippen molar-refractivity contribution in [1.29, 1.82) is 0 Å². The quantitative estimate of drug-likeness (QED) is 0.854. The van der Waals surface area contributed by atoms with Gasteiger partial charge in [-0.3, -0.25) is 4.90 Å². The molecule has 0 amide bonds. The molecular formula is C13H22N2S. The summed E-state index contributed by atoms with van der Waals surface area (Å²) in [6, 6.07) is 4.91. The maximum absolute atomic E-state index is 6.13. The van der Waals surface area contributed by atoms with Gasteiger partial charge in [0, 0.05) is 17.5 Å². The first-order valence-corrected chi connectivity index (χ1v) is 7.05. The molecule has 1 heterocycles. The summed E-state index contributed by atoms with van der Waals surface area (Å²) < 4.78 is 0. The first kappa shape index (κ1) is 12.1. The summed E-state index contributed by atoms with van der Waals surface area (Å²) in [5.41, 5.74) is 6.13. The predicted octanol–water partition coefficient (Wildman–Crippen LogP) is 2.87. The minimum atomic E-state index is 0.198. The first-order chi connectivity index (χ1) is 7.68. The van der Waals surface area contributed by atoms with Crippen LogP contribution in [0.2, 0.25) is 0 Å². The molecule has 0 aromatic carbocycles. The number of likely N-dealkylation sites (N-methyl/N-ethyl adjacent to an activating group) is 1. The second-order valence-electron chi connectivity index (χ2n) is 5.06. The Morgan fingerprint density at radius 1 is 1.56 bits per heavy atom.